The van der Waals surface area contributed by atoms with E-state index in [9.17, 15) is 0 Å². The number of nitrogens with one attached hydrogen (secondary N) is 2. The Morgan fingerprint density at radius 1 is 1.47 bits per heavy atom. The fourth-order valence-electron chi connectivity index (χ4n) is 2.07. The molecule has 2 N–H and O–H groups in total. The Balaban J connectivity index is 2.28. The maximum Gasteiger partial charge on any atom is 0.0410 e. The topological polar surface area (TPSA) is 24.1 Å². The Labute approximate surface area is 96.0 Å². The van der Waals surface area contributed by atoms with Crippen molar-refractivity contribution in [2.75, 3.05) is 11.9 Å². The van der Waals surface area contributed by atoms with Crippen LogP contribution in [0.5, 0.6) is 0 Å². The highest BCUT2D eigenvalue weighted by atomic mass is 35.5. The molecular weight excluding hydrogens is 208 g/mol. The summed E-state index contributed by atoms with van der Waals surface area (Å²) in [5, 5.41) is 7.77. The normalized spacial score (nSPS) is 19.9. The molecule has 0 spiro atoms. The maximum atomic E-state index is 6.02. The lowest BCUT2D eigenvalue weighted by molar-refractivity contribution is 0.453. The largest absolute Gasteiger partial charge is 0.385 e. The Hall–Kier alpha value is -0.730. The van der Waals surface area contributed by atoms with Gasteiger partial charge in [-0.25, -0.2) is 0 Å². The van der Waals surface area contributed by atoms with Gasteiger partial charge in [0, 0.05) is 29.3 Å². The molecule has 0 amide bonds. The molecule has 1 atom stereocenters. The van der Waals surface area contributed by atoms with Gasteiger partial charge in [0.15, 0.2) is 0 Å². The average molecular weight is 225 g/mol. The molecule has 2 rings (SSSR count). The quantitative estimate of drug-likeness (QED) is 0.806. The highest BCUT2D eigenvalue weighted by Gasteiger charge is 2.20. The molecule has 0 fully saturated rings. The number of benzene rings is 1. The molecule has 0 radical (unpaired) electrons. The van der Waals surface area contributed by atoms with E-state index in [4.69, 9.17) is 11.6 Å². The van der Waals surface area contributed by atoms with Crippen LogP contribution in [0.1, 0.15) is 31.9 Å². The maximum absolute atomic E-state index is 6.02. The molecule has 1 aliphatic rings. The van der Waals surface area contributed by atoms with E-state index in [0.717, 1.165) is 18.0 Å². The van der Waals surface area contributed by atoms with Crippen LogP contribution in [0, 0.1) is 0 Å². The van der Waals surface area contributed by atoms with Gasteiger partial charge in [0.1, 0.15) is 0 Å². The summed E-state index contributed by atoms with van der Waals surface area (Å²) in [6, 6.07) is 6.99. The zero-order valence-electron chi connectivity index (χ0n) is 9.18. The first-order chi connectivity index (χ1) is 7.16. The summed E-state index contributed by atoms with van der Waals surface area (Å²) in [6.45, 7) is 5.37. The van der Waals surface area contributed by atoms with Gasteiger partial charge in [0.25, 0.3) is 0 Å². The molecule has 15 heavy (non-hydrogen) atoms. The molecule has 1 aromatic rings. The van der Waals surface area contributed by atoms with Crippen LogP contribution in [-0.2, 0) is 0 Å². The predicted molar refractivity (Wildman–Crippen MR) is 65.6 cm³/mol. The standard InChI is InChI=1S/C12H17ClN2/c1-8(2)15-12-5-6-14-11-4-3-9(13)7-10(11)12/h3-4,7-8,12,14-15H,5-6H2,1-2H3. The minimum atomic E-state index is 0.431. The van der Waals surface area contributed by atoms with Crippen LogP contribution in [0.15, 0.2) is 18.2 Å². The first-order valence-electron chi connectivity index (χ1n) is 5.46. The Kier molecular flexibility index (Phi) is 3.17. The van der Waals surface area contributed by atoms with Gasteiger partial charge in [0.05, 0.1) is 0 Å². The van der Waals surface area contributed by atoms with Gasteiger partial charge in [-0.05, 0) is 30.2 Å². The third-order valence-corrected chi connectivity index (χ3v) is 2.91. The van der Waals surface area contributed by atoms with Crippen molar-refractivity contribution < 1.29 is 0 Å². The van der Waals surface area contributed by atoms with Crippen molar-refractivity contribution in [3.8, 4) is 0 Å². The van der Waals surface area contributed by atoms with Gasteiger partial charge in [0.2, 0.25) is 0 Å². The van der Waals surface area contributed by atoms with Gasteiger partial charge >= 0.3 is 0 Å². The minimum absolute atomic E-state index is 0.431. The first kappa shape index (κ1) is 10.8. The van der Waals surface area contributed by atoms with Crippen molar-refractivity contribution in [3.63, 3.8) is 0 Å². The Morgan fingerprint density at radius 3 is 3.00 bits per heavy atom. The van der Waals surface area contributed by atoms with Gasteiger partial charge in [-0.2, -0.15) is 0 Å². The number of anilines is 1. The van der Waals surface area contributed by atoms with Crippen molar-refractivity contribution in [1.82, 2.24) is 5.32 Å². The number of hydrogen-bond donors (Lipinski definition) is 2. The van der Waals surface area contributed by atoms with Crippen molar-refractivity contribution in [2.45, 2.75) is 32.4 Å². The van der Waals surface area contributed by atoms with Crippen LogP contribution in [0.25, 0.3) is 0 Å². The summed E-state index contributed by atoms with van der Waals surface area (Å²) in [6.07, 6.45) is 1.12. The van der Waals surface area contributed by atoms with E-state index in [0.29, 0.717) is 12.1 Å². The van der Waals surface area contributed by atoms with Gasteiger partial charge in [-0.3, -0.25) is 0 Å². The van der Waals surface area contributed by atoms with Crippen LogP contribution in [0.3, 0.4) is 0 Å². The molecular formula is C12H17ClN2. The molecule has 0 aromatic heterocycles. The van der Waals surface area contributed by atoms with Crippen LogP contribution in [0.4, 0.5) is 5.69 Å². The Morgan fingerprint density at radius 2 is 2.27 bits per heavy atom. The fourth-order valence-corrected chi connectivity index (χ4v) is 2.25. The first-order valence-corrected chi connectivity index (χ1v) is 5.84. The summed E-state index contributed by atoms with van der Waals surface area (Å²) >= 11 is 6.02. The molecule has 1 heterocycles. The smallest absolute Gasteiger partial charge is 0.0410 e. The van der Waals surface area contributed by atoms with E-state index < -0.39 is 0 Å². The molecule has 0 saturated heterocycles. The fraction of sp³-hybridized carbons (Fsp3) is 0.500. The van der Waals surface area contributed by atoms with Crippen molar-refractivity contribution in [2.24, 2.45) is 0 Å². The molecule has 1 aliphatic heterocycles. The SMILES string of the molecule is CC(C)NC1CCNc2ccc(Cl)cc21. The molecule has 0 bridgehead atoms. The van der Waals surface area contributed by atoms with Crippen molar-refractivity contribution in [3.05, 3.63) is 28.8 Å². The summed E-state index contributed by atoms with van der Waals surface area (Å²) < 4.78 is 0. The second-order valence-corrected chi connectivity index (χ2v) is 4.76. The Bertz CT molecular complexity index is 349. The third-order valence-electron chi connectivity index (χ3n) is 2.67. The number of rotatable bonds is 2. The molecule has 2 nitrogen and oxygen atoms in total. The molecule has 0 saturated carbocycles. The second kappa shape index (κ2) is 4.42. The van der Waals surface area contributed by atoms with Crippen LogP contribution >= 0.6 is 11.6 Å². The average Bonchev–Trinajstić information content (AvgIpc) is 2.18. The van der Waals surface area contributed by atoms with Gasteiger partial charge in [-0.1, -0.05) is 25.4 Å². The third kappa shape index (κ3) is 2.44. The summed E-state index contributed by atoms with van der Waals surface area (Å²) in [5.41, 5.74) is 2.51. The summed E-state index contributed by atoms with van der Waals surface area (Å²) in [7, 11) is 0. The highest BCUT2D eigenvalue weighted by Crippen LogP contribution is 2.32. The van der Waals surface area contributed by atoms with E-state index >= 15 is 0 Å². The molecule has 3 heteroatoms. The molecule has 1 unspecified atom stereocenters. The minimum Gasteiger partial charge on any atom is -0.385 e. The lowest BCUT2D eigenvalue weighted by atomic mass is 9.97. The van der Waals surface area contributed by atoms with Crippen LogP contribution in [0.2, 0.25) is 5.02 Å². The lowest BCUT2D eigenvalue weighted by Gasteiger charge is -2.29. The number of halogens is 1. The van der Waals surface area contributed by atoms with E-state index in [1.165, 1.54) is 11.3 Å². The van der Waals surface area contributed by atoms with E-state index in [1.807, 2.05) is 6.07 Å². The van der Waals surface area contributed by atoms with E-state index in [1.54, 1.807) is 0 Å². The van der Waals surface area contributed by atoms with E-state index in [-0.39, 0.29) is 0 Å². The number of hydrogen-bond acceptors (Lipinski definition) is 2. The highest BCUT2D eigenvalue weighted by molar-refractivity contribution is 6.30. The van der Waals surface area contributed by atoms with E-state index in [2.05, 4.69) is 36.6 Å². The second-order valence-electron chi connectivity index (χ2n) is 4.32. The zero-order valence-corrected chi connectivity index (χ0v) is 9.93. The zero-order chi connectivity index (χ0) is 10.8. The lowest BCUT2D eigenvalue weighted by Crippen LogP contribution is -2.32. The number of fused-ring (bicyclic) bond motifs is 1. The molecule has 0 aliphatic carbocycles. The van der Waals surface area contributed by atoms with Gasteiger partial charge in [-0.15, -0.1) is 0 Å². The molecule has 82 valence electrons. The predicted octanol–water partition coefficient (Wildman–Crippen LogP) is 3.19. The monoisotopic (exact) mass is 224 g/mol. The summed E-state index contributed by atoms with van der Waals surface area (Å²) in [5.74, 6) is 0. The molecule has 1 aromatic carbocycles. The van der Waals surface area contributed by atoms with Crippen molar-refractivity contribution >= 4 is 17.3 Å². The van der Waals surface area contributed by atoms with Gasteiger partial charge < -0.3 is 10.6 Å². The van der Waals surface area contributed by atoms with Crippen LogP contribution < -0.4 is 10.6 Å². The summed E-state index contributed by atoms with van der Waals surface area (Å²) in [4.78, 5) is 0. The van der Waals surface area contributed by atoms with Crippen LogP contribution in [-0.4, -0.2) is 12.6 Å². The van der Waals surface area contributed by atoms with Crippen molar-refractivity contribution in [1.29, 1.82) is 0 Å².